The summed E-state index contributed by atoms with van der Waals surface area (Å²) in [5.74, 6) is 0. The molecule has 0 aromatic carbocycles. The zero-order valence-corrected chi connectivity index (χ0v) is 6.15. The van der Waals surface area contributed by atoms with E-state index >= 15 is 0 Å². The third kappa shape index (κ3) is 7.70. The predicted molar refractivity (Wildman–Crippen MR) is 40.0 cm³/mol. The molecule has 53 valence electrons. The first-order chi connectivity index (χ1) is 4.27. The molecule has 0 rings (SSSR count). The van der Waals surface area contributed by atoms with E-state index in [-0.39, 0.29) is 0 Å². The van der Waals surface area contributed by atoms with Crippen LogP contribution < -0.4 is 0 Å². The average molecular weight is 127 g/mol. The van der Waals surface area contributed by atoms with Crippen LogP contribution in [0.2, 0.25) is 0 Å². The molecule has 0 aromatic heterocycles. The Balaban J connectivity index is 2.83. The Morgan fingerprint density at radius 2 is 2.11 bits per heavy atom. The van der Waals surface area contributed by atoms with E-state index in [0.29, 0.717) is 0 Å². The Morgan fingerprint density at radius 1 is 1.44 bits per heavy atom. The number of hydrogen-bond acceptors (Lipinski definition) is 1. The van der Waals surface area contributed by atoms with E-state index in [0.717, 1.165) is 19.4 Å². The third-order valence-electron chi connectivity index (χ3n) is 1.14. The largest absolute Gasteiger partial charge is 0.379 e. The van der Waals surface area contributed by atoms with Gasteiger partial charge in [-0.25, -0.2) is 0 Å². The van der Waals surface area contributed by atoms with Gasteiger partial charge in [0.2, 0.25) is 0 Å². The van der Waals surface area contributed by atoms with Gasteiger partial charge in [-0.3, -0.25) is 0 Å². The molecule has 9 heavy (non-hydrogen) atoms. The Morgan fingerprint density at radius 3 is 2.56 bits per heavy atom. The fourth-order valence-corrected chi connectivity index (χ4v) is 0.631. The highest BCUT2D eigenvalue weighted by molar-refractivity contribution is 4.86. The third-order valence-corrected chi connectivity index (χ3v) is 1.14. The van der Waals surface area contributed by atoms with Crippen LogP contribution in [0.3, 0.4) is 0 Å². The van der Waals surface area contributed by atoms with Gasteiger partial charge in [0.15, 0.2) is 0 Å². The lowest BCUT2D eigenvalue weighted by Crippen LogP contribution is -1.86. The lowest BCUT2D eigenvalue weighted by Gasteiger charge is -1.97. The first-order valence-corrected chi connectivity index (χ1v) is 3.28. The first-order valence-electron chi connectivity index (χ1n) is 3.28. The van der Waals surface area contributed by atoms with E-state index in [1.807, 2.05) is 6.92 Å². The normalized spacial score (nSPS) is 9.56. The zero-order chi connectivity index (χ0) is 7.11. The molecule has 0 aliphatic carbocycles. The van der Waals surface area contributed by atoms with Crippen LogP contribution in [0.25, 0.3) is 0 Å². The van der Waals surface area contributed by atoms with Crippen molar-refractivity contribution in [2.75, 3.05) is 6.61 Å². The molecule has 0 saturated heterocycles. The van der Waals surface area contributed by atoms with Crippen LogP contribution >= 0.6 is 0 Å². The fraction of sp³-hybridized carbons (Fsp3) is 0.625. The molecule has 1 nitrogen and oxygen atoms in total. The van der Waals surface area contributed by atoms with Gasteiger partial charge in [0.25, 0.3) is 0 Å². The summed E-state index contributed by atoms with van der Waals surface area (Å²) in [7, 11) is 3.28. The summed E-state index contributed by atoms with van der Waals surface area (Å²) in [5, 5.41) is 0. The van der Waals surface area contributed by atoms with E-state index in [1.54, 1.807) is 0 Å². The second-order valence-corrected chi connectivity index (χ2v) is 2.32. The SMILES string of the molecule is [CH2]OCCCCC(=C)C. The molecule has 0 bridgehead atoms. The van der Waals surface area contributed by atoms with Crippen molar-refractivity contribution in [3.05, 3.63) is 19.3 Å². The lowest BCUT2D eigenvalue weighted by molar-refractivity contribution is 0.235. The first kappa shape index (κ1) is 8.70. The molecule has 0 aliphatic rings. The Bertz CT molecular complexity index is 76.6. The molecular formula is C8H15O. The average Bonchev–Trinajstić information content (AvgIpc) is 1.80. The van der Waals surface area contributed by atoms with Gasteiger partial charge < -0.3 is 4.74 Å². The van der Waals surface area contributed by atoms with E-state index < -0.39 is 0 Å². The molecular weight excluding hydrogens is 112 g/mol. The summed E-state index contributed by atoms with van der Waals surface area (Å²) < 4.78 is 4.64. The highest BCUT2D eigenvalue weighted by Crippen LogP contribution is 2.02. The van der Waals surface area contributed by atoms with Crippen molar-refractivity contribution in [2.45, 2.75) is 26.2 Å². The minimum Gasteiger partial charge on any atom is -0.379 e. The van der Waals surface area contributed by atoms with Crippen molar-refractivity contribution in [1.82, 2.24) is 0 Å². The fourth-order valence-electron chi connectivity index (χ4n) is 0.631. The maximum Gasteiger partial charge on any atom is 0.0700 e. The number of unbranched alkanes of at least 4 members (excludes halogenated alkanes) is 1. The zero-order valence-electron chi connectivity index (χ0n) is 6.15. The molecule has 0 spiro atoms. The highest BCUT2D eigenvalue weighted by Gasteiger charge is 1.86. The van der Waals surface area contributed by atoms with Crippen molar-refractivity contribution in [1.29, 1.82) is 0 Å². The van der Waals surface area contributed by atoms with Crippen LogP contribution in [0.5, 0.6) is 0 Å². The summed E-state index contributed by atoms with van der Waals surface area (Å²) in [4.78, 5) is 0. The van der Waals surface area contributed by atoms with Crippen LogP contribution in [0.4, 0.5) is 0 Å². The minimum atomic E-state index is 0.771. The molecule has 0 heterocycles. The van der Waals surface area contributed by atoms with Crippen molar-refractivity contribution >= 4 is 0 Å². The van der Waals surface area contributed by atoms with Crippen molar-refractivity contribution in [2.24, 2.45) is 0 Å². The molecule has 0 saturated carbocycles. The monoisotopic (exact) mass is 127 g/mol. The molecule has 0 atom stereocenters. The molecule has 1 radical (unpaired) electrons. The van der Waals surface area contributed by atoms with E-state index in [4.69, 9.17) is 0 Å². The van der Waals surface area contributed by atoms with Gasteiger partial charge in [-0.15, -0.1) is 6.58 Å². The van der Waals surface area contributed by atoms with Crippen molar-refractivity contribution in [3.8, 4) is 0 Å². The topological polar surface area (TPSA) is 9.23 Å². The summed E-state index contributed by atoms with van der Waals surface area (Å²) in [5.41, 5.74) is 1.25. The van der Waals surface area contributed by atoms with Gasteiger partial charge in [-0.1, -0.05) is 5.57 Å². The number of allylic oxidation sites excluding steroid dienone is 1. The smallest absolute Gasteiger partial charge is 0.0700 e. The Hall–Kier alpha value is -0.300. The van der Waals surface area contributed by atoms with E-state index in [2.05, 4.69) is 18.4 Å². The van der Waals surface area contributed by atoms with Crippen LogP contribution in [-0.2, 0) is 4.74 Å². The highest BCUT2D eigenvalue weighted by atomic mass is 16.5. The van der Waals surface area contributed by atoms with Gasteiger partial charge in [0.05, 0.1) is 7.11 Å². The Labute approximate surface area is 57.7 Å². The summed E-state index contributed by atoms with van der Waals surface area (Å²) >= 11 is 0. The minimum absolute atomic E-state index is 0.771. The van der Waals surface area contributed by atoms with Crippen LogP contribution in [-0.4, -0.2) is 6.61 Å². The van der Waals surface area contributed by atoms with Gasteiger partial charge in [-0.2, -0.15) is 0 Å². The van der Waals surface area contributed by atoms with Gasteiger partial charge in [0.1, 0.15) is 0 Å². The Kier molecular flexibility index (Phi) is 5.64. The molecule has 0 aromatic rings. The van der Waals surface area contributed by atoms with Crippen LogP contribution in [0.1, 0.15) is 26.2 Å². The van der Waals surface area contributed by atoms with E-state index in [9.17, 15) is 0 Å². The quantitative estimate of drug-likeness (QED) is 0.407. The van der Waals surface area contributed by atoms with Crippen LogP contribution in [0.15, 0.2) is 12.2 Å². The van der Waals surface area contributed by atoms with Gasteiger partial charge >= 0.3 is 0 Å². The molecule has 1 heteroatoms. The van der Waals surface area contributed by atoms with E-state index in [1.165, 1.54) is 12.0 Å². The van der Waals surface area contributed by atoms with Crippen molar-refractivity contribution in [3.63, 3.8) is 0 Å². The number of hydrogen-bond donors (Lipinski definition) is 0. The van der Waals surface area contributed by atoms with Gasteiger partial charge in [-0.05, 0) is 26.2 Å². The van der Waals surface area contributed by atoms with Crippen LogP contribution in [0, 0.1) is 7.11 Å². The summed E-state index contributed by atoms with van der Waals surface area (Å²) in [6.07, 6.45) is 3.38. The molecule has 0 amide bonds. The maximum atomic E-state index is 4.64. The molecule has 0 aliphatic heterocycles. The summed E-state index contributed by atoms with van der Waals surface area (Å²) in [6, 6.07) is 0. The molecule has 0 N–H and O–H groups in total. The van der Waals surface area contributed by atoms with Gasteiger partial charge in [0, 0.05) is 6.61 Å². The lowest BCUT2D eigenvalue weighted by atomic mass is 10.1. The number of rotatable bonds is 5. The second-order valence-electron chi connectivity index (χ2n) is 2.32. The standard InChI is InChI=1S/C8H15O/c1-8(2)6-4-5-7-9-3/h1,3-7H2,2H3. The summed E-state index contributed by atoms with van der Waals surface area (Å²) in [6.45, 7) is 6.61. The van der Waals surface area contributed by atoms with Crippen molar-refractivity contribution < 1.29 is 4.74 Å². The molecule has 0 unspecified atom stereocenters. The number of ether oxygens (including phenoxy) is 1. The second kappa shape index (κ2) is 5.83. The maximum absolute atomic E-state index is 4.64. The molecule has 0 fully saturated rings. The predicted octanol–water partition coefficient (Wildman–Crippen LogP) is 2.54.